The molecule has 3 heteroatoms. The highest BCUT2D eigenvalue weighted by molar-refractivity contribution is 4.52. The van der Waals surface area contributed by atoms with E-state index in [0.29, 0.717) is 0 Å². The molecule has 0 aliphatic carbocycles. The highest BCUT2D eigenvalue weighted by Gasteiger charge is 1.93. The molecule has 70 valence electrons. The largest absolute Gasteiger partial charge is 0.316 e. The molecule has 0 atom stereocenters. The number of nitrogens with two attached hydrogens (primary N) is 2. The Bertz CT molecular complexity index is 54.4. The lowest BCUT2D eigenvalue weighted by molar-refractivity contribution is 0.497. The van der Waals surface area contributed by atoms with E-state index >= 15 is 0 Å². The van der Waals surface area contributed by atoms with E-state index in [-0.39, 0.29) is 0 Å². The molecule has 0 unspecified atom stereocenters. The fourth-order valence-electron chi connectivity index (χ4n) is 0.661. The normalized spacial score (nSPS) is 9.82. The molecule has 0 radical (unpaired) electrons. The predicted octanol–water partition coefficient (Wildman–Crippen LogP) is 0.707. The Labute approximate surface area is 70.5 Å². The summed E-state index contributed by atoms with van der Waals surface area (Å²) >= 11 is 0. The van der Waals surface area contributed by atoms with Crippen LogP contribution in [0.1, 0.15) is 27.7 Å². The van der Waals surface area contributed by atoms with Gasteiger partial charge < -0.3 is 5.32 Å². The zero-order chi connectivity index (χ0) is 9.28. The second-order valence-electron chi connectivity index (χ2n) is 3.45. The van der Waals surface area contributed by atoms with Crippen molar-refractivity contribution in [2.45, 2.75) is 27.7 Å². The molecule has 0 aliphatic rings. The Balaban J connectivity index is 0. The van der Waals surface area contributed by atoms with Gasteiger partial charge in [0.1, 0.15) is 0 Å². The van der Waals surface area contributed by atoms with E-state index in [4.69, 9.17) is 0 Å². The first-order chi connectivity index (χ1) is 5.13. The molecule has 5 N–H and O–H groups in total. The van der Waals surface area contributed by atoms with Crippen LogP contribution in [-0.4, -0.2) is 13.1 Å². The highest BCUT2D eigenvalue weighted by Crippen LogP contribution is 1.90. The van der Waals surface area contributed by atoms with Crippen LogP contribution in [0, 0.1) is 11.8 Å². The van der Waals surface area contributed by atoms with Crippen LogP contribution in [-0.2, 0) is 0 Å². The van der Waals surface area contributed by atoms with Crippen LogP contribution in [0.25, 0.3) is 0 Å². The van der Waals surface area contributed by atoms with Gasteiger partial charge in [-0.2, -0.15) is 0 Å². The summed E-state index contributed by atoms with van der Waals surface area (Å²) in [7, 11) is 0. The number of nitrogens with one attached hydrogen (secondary N) is 1. The summed E-state index contributed by atoms with van der Waals surface area (Å²) in [6.45, 7) is 11.2. The SMILES string of the molecule is CC(C)CNCC(C)C.NN. The molecule has 0 aromatic heterocycles. The molecular formula is C8H23N3. The average molecular weight is 161 g/mol. The molecule has 0 aromatic carbocycles. The van der Waals surface area contributed by atoms with E-state index in [9.17, 15) is 0 Å². The molecular weight excluding hydrogens is 138 g/mol. The van der Waals surface area contributed by atoms with Gasteiger partial charge in [0.05, 0.1) is 0 Å². The van der Waals surface area contributed by atoms with Gasteiger partial charge in [0.25, 0.3) is 0 Å². The van der Waals surface area contributed by atoms with Gasteiger partial charge in [-0.1, -0.05) is 27.7 Å². The number of hydrogen-bond acceptors (Lipinski definition) is 3. The van der Waals surface area contributed by atoms with Gasteiger partial charge in [0, 0.05) is 0 Å². The van der Waals surface area contributed by atoms with Crippen molar-refractivity contribution in [2.75, 3.05) is 13.1 Å². The average Bonchev–Trinajstić information content (AvgIpc) is 1.90. The van der Waals surface area contributed by atoms with Crippen molar-refractivity contribution in [2.24, 2.45) is 23.5 Å². The van der Waals surface area contributed by atoms with Crippen molar-refractivity contribution in [3.8, 4) is 0 Å². The molecule has 0 heterocycles. The van der Waals surface area contributed by atoms with Crippen LogP contribution in [0.2, 0.25) is 0 Å². The third-order valence-corrected chi connectivity index (χ3v) is 1.11. The molecule has 0 fully saturated rings. The van der Waals surface area contributed by atoms with Crippen molar-refractivity contribution >= 4 is 0 Å². The van der Waals surface area contributed by atoms with Gasteiger partial charge in [-0.25, -0.2) is 0 Å². The summed E-state index contributed by atoms with van der Waals surface area (Å²) in [4.78, 5) is 0. The van der Waals surface area contributed by atoms with Crippen LogP contribution in [0.3, 0.4) is 0 Å². The Hall–Kier alpha value is -0.120. The van der Waals surface area contributed by atoms with Crippen LogP contribution in [0.15, 0.2) is 0 Å². The zero-order valence-electron chi connectivity index (χ0n) is 8.22. The van der Waals surface area contributed by atoms with Gasteiger partial charge >= 0.3 is 0 Å². The Morgan fingerprint density at radius 3 is 1.36 bits per heavy atom. The summed E-state index contributed by atoms with van der Waals surface area (Å²) in [6, 6.07) is 0. The third-order valence-electron chi connectivity index (χ3n) is 1.11. The fourth-order valence-corrected chi connectivity index (χ4v) is 0.661. The molecule has 3 nitrogen and oxygen atoms in total. The molecule has 0 saturated carbocycles. The van der Waals surface area contributed by atoms with Gasteiger partial charge in [0.15, 0.2) is 0 Å². The zero-order valence-corrected chi connectivity index (χ0v) is 8.22. The van der Waals surface area contributed by atoms with Gasteiger partial charge in [0.2, 0.25) is 0 Å². The monoisotopic (exact) mass is 161 g/mol. The fraction of sp³-hybridized carbons (Fsp3) is 1.00. The number of hydrazine groups is 1. The van der Waals surface area contributed by atoms with Crippen molar-refractivity contribution in [1.29, 1.82) is 0 Å². The quantitative estimate of drug-likeness (QED) is 0.420. The second-order valence-corrected chi connectivity index (χ2v) is 3.45. The maximum atomic E-state index is 4.00. The lowest BCUT2D eigenvalue weighted by Gasteiger charge is -2.08. The Morgan fingerprint density at radius 1 is 0.909 bits per heavy atom. The maximum Gasteiger partial charge on any atom is -0.00257 e. The van der Waals surface area contributed by atoms with Crippen molar-refractivity contribution in [3.63, 3.8) is 0 Å². The third kappa shape index (κ3) is 17.7. The van der Waals surface area contributed by atoms with Crippen LogP contribution < -0.4 is 17.0 Å². The van der Waals surface area contributed by atoms with Crippen LogP contribution in [0.4, 0.5) is 0 Å². The molecule has 0 aromatic rings. The molecule has 0 rings (SSSR count). The van der Waals surface area contributed by atoms with E-state index in [1.165, 1.54) is 0 Å². The van der Waals surface area contributed by atoms with Gasteiger partial charge in [-0.05, 0) is 24.9 Å². The minimum Gasteiger partial charge on any atom is -0.316 e. The number of hydrogen-bond donors (Lipinski definition) is 3. The van der Waals surface area contributed by atoms with E-state index in [0.717, 1.165) is 24.9 Å². The van der Waals surface area contributed by atoms with E-state index in [1.54, 1.807) is 0 Å². The van der Waals surface area contributed by atoms with E-state index < -0.39 is 0 Å². The van der Waals surface area contributed by atoms with Crippen molar-refractivity contribution in [1.82, 2.24) is 5.32 Å². The topological polar surface area (TPSA) is 64.1 Å². The first-order valence-corrected chi connectivity index (χ1v) is 4.17. The first-order valence-electron chi connectivity index (χ1n) is 4.17. The Morgan fingerprint density at radius 2 is 1.18 bits per heavy atom. The van der Waals surface area contributed by atoms with Crippen molar-refractivity contribution < 1.29 is 0 Å². The van der Waals surface area contributed by atoms with Gasteiger partial charge in [-0.3, -0.25) is 11.7 Å². The molecule has 0 bridgehead atoms. The summed E-state index contributed by atoms with van der Waals surface area (Å²) in [5, 5.41) is 3.38. The summed E-state index contributed by atoms with van der Waals surface area (Å²) in [5.41, 5.74) is 0. The summed E-state index contributed by atoms with van der Waals surface area (Å²) in [6.07, 6.45) is 0. The lowest BCUT2D eigenvalue weighted by atomic mass is 10.2. The minimum absolute atomic E-state index is 0.781. The van der Waals surface area contributed by atoms with E-state index in [1.807, 2.05) is 0 Å². The maximum absolute atomic E-state index is 4.00. The molecule has 0 saturated heterocycles. The predicted molar refractivity (Wildman–Crippen MR) is 50.9 cm³/mol. The van der Waals surface area contributed by atoms with Crippen molar-refractivity contribution in [3.05, 3.63) is 0 Å². The minimum atomic E-state index is 0.781. The highest BCUT2D eigenvalue weighted by atomic mass is 15.0. The summed E-state index contributed by atoms with van der Waals surface area (Å²) in [5.74, 6) is 9.56. The smallest absolute Gasteiger partial charge is 0.00257 e. The van der Waals surface area contributed by atoms with E-state index in [2.05, 4.69) is 44.7 Å². The first kappa shape index (κ1) is 13.5. The molecule has 11 heavy (non-hydrogen) atoms. The molecule has 0 spiro atoms. The second kappa shape index (κ2) is 9.88. The standard InChI is InChI=1S/C8H19N.H4N2/c1-7(2)5-9-6-8(3)4;1-2/h7-9H,5-6H2,1-4H3;1-2H2. The summed E-state index contributed by atoms with van der Waals surface area (Å²) < 4.78 is 0. The van der Waals surface area contributed by atoms with Crippen LogP contribution >= 0.6 is 0 Å². The van der Waals surface area contributed by atoms with Gasteiger partial charge in [-0.15, -0.1) is 0 Å². The van der Waals surface area contributed by atoms with Crippen LogP contribution in [0.5, 0.6) is 0 Å². The lowest BCUT2D eigenvalue weighted by Crippen LogP contribution is -2.23. The number of rotatable bonds is 4. The molecule has 0 aliphatic heterocycles. The molecule has 0 amide bonds. The Kier molecular flexibility index (Phi) is 12.1.